The van der Waals surface area contributed by atoms with Crippen LogP contribution in [0.1, 0.15) is 18.5 Å². The summed E-state index contributed by atoms with van der Waals surface area (Å²) in [6.45, 7) is 3.80. The van der Waals surface area contributed by atoms with Gasteiger partial charge in [-0.25, -0.2) is 4.98 Å². The zero-order chi connectivity index (χ0) is 10.7. The van der Waals surface area contributed by atoms with Crippen molar-refractivity contribution in [2.45, 2.75) is 25.8 Å². The van der Waals surface area contributed by atoms with Crippen LogP contribution in [0.3, 0.4) is 0 Å². The molecule has 1 N–H and O–H groups in total. The minimum Gasteiger partial charge on any atom is -0.489 e. The van der Waals surface area contributed by atoms with Gasteiger partial charge in [0.1, 0.15) is 11.2 Å². The minimum atomic E-state index is 0.498. The van der Waals surface area contributed by atoms with Crippen molar-refractivity contribution in [1.29, 1.82) is 0 Å². The summed E-state index contributed by atoms with van der Waals surface area (Å²) < 4.78 is 6.50. The minimum absolute atomic E-state index is 0.498. The highest BCUT2D eigenvalue weighted by molar-refractivity contribution is 9.10. The molecule has 0 aromatic carbocycles. The summed E-state index contributed by atoms with van der Waals surface area (Å²) in [5, 5.41) is 3.40. The highest BCUT2D eigenvalue weighted by Crippen LogP contribution is 2.23. The van der Waals surface area contributed by atoms with Crippen molar-refractivity contribution in [1.82, 2.24) is 10.3 Å². The van der Waals surface area contributed by atoms with Gasteiger partial charge in [0.05, 0.1) is 0 Å². The molecule has 3 nitrogen and oxygen atoms in total. The first-order valence-electron chi connectivity index (χ1n) is 5.25. The monoisotopic (exact) mass is 270 g/mol. The first-order chi connectivity index (χ1) is 7.25. The molecule has 1 atom stereocenters. The van der Waals surface area contributed by atoms with E-state index in [1.807, 2.05) is 19.1 Å². The highest BCUT2D eigenvalue weighted by atomic mass is 79.9. The van der Waals surface area contributed by atoms with Gasteiger partial charge < -0.3 is 10.1 Å². The van der Waals surface area contributed by atoms with Gasteiger partial charge in [-0.1, -0.05) is 0 Å². The molecule has 0 amide bonds. The van der Waals surface area contributed by atoms with Crippen LogP contribution < -0.4 is 10.1 Å². The molecule has 1 fully saturated rings. The molecule has 1 aromatic rings. The second-order valence-electron chi connectivity index (χ2n) is 3.85. The van der Waals surface area contributed by atoms with Gasteiger partial charge in [0.15, 0.2) is 5.75 Å². The SMILES string of the molecule is Cc1ccc(OC[C@H]2CCCN2)c(Br)n1. The maximum atomic E-state index is 5.70. The molecule has 2 heterocycles. The normalized spacial score (nSPS) is 20.5. The molecule has 1 aliphatic rings. The lowest BCUT2D eigenvalue weighted by Crippen LogP contribution is -2.28. The van der Waals surface area contributed by atoms with Crippen LogP contribution in [-0.2, 0) is 0 Å². The fraction of sp³-hybridized carbons (Fsp3) is 0.545. The van der Waals surface area contributed by atoms with E-state index in [1.54, 1.807) is 0 Å². The third-order valence-electron chi connectivity index (χ3n) is 2.56. The molecule has 1 aliphatic heterocycles. The van der Waals surface area contributed by atoms with E-state index in [9.17, 15) is 0 Å². The van der Waals surface area contributed by atoms with Crippen molar-refractivity contribution in [3.05, 3.63) is 22.4 Å². The Morgan fingerprint density at radius 3 is 3.13 bits per heavy atom. The van der Waals surface area contributed by atoms with Crippen molar-refractivity contribution in [2.75, 3.05) is 13.2 Å². The standard InChI is InChI=1S/C11H15BrN2O/c1-8-4-5-10(11(12)14-8)15-7-9-3-2-6-13-9/h4-5,9,13H,2-3,6-7H2,1H3/t9-/m1/s1. The third kappa shape index (κ3) is 2.92. The Hall–Kier alpha value is -0.610. The highest BCUT2D eigenvalue weighted by Gasteiger charge is 2.15. The van der Waals surface area contributed by atoms with E-state index in [0.717, 1.165) is 29.2 Å². The Morgan fingerprint density at radius 1 is 1.60 bits per heavy atom. The molecule has 1 aromatic heterocycles. The van der Waals surface area contributed by atoms with Crippen LogP contribution in [0, 0.1) is 6.92 Å². The molecule has 0 saturated carbocycles. The average Bonchev–Trinajstić information content (AvgIpc) is 2.69. The van der Waals surface area contributed by atoms with E-state index in [4.69, 9.17) is 4.74 Å². The van der Waals surface area contributed by atoms with E-state index in [0.29, 0.717) is 6.04 Å². The molecular weight excluding hydrogens is 256 g/mol. The van der Waals surface area contributed by atoms with Gasteiger partial charge in [-0.15, -0.1) is 0 Å². The fourth-order valence-electron chi connectivity index (χ4n) is 1.71. The summed E-state index contributed by atoms with van der Waals surface area (Å²) in [5.74, 6) is 0.828. The topological polar surface area (TPSA) is 34.1 Å². The molecule has 0 spiro atoms. The van der Waals surface area contributed by atoms with Crippen LogP contribution in [0.25, 0.3) is 0 Å². The Labute approximate surface area is 98.4 Å². The Kier molecular flexibility index (Phi) is 3.59. The molecule has 4 heteroatoms. The van der Waals surface area contributed by atoms with Crippen LogP contribution >= 0.6 is 15.9 Å². The number of aryl methyl sites for hydroxylation is 1. The van der Waals surface area contributed by atoms with E-state index in [-0.39, 0.29) is 0 Å². The summed E-state index contributed by atoms with van der Waals surface area (Å²) >= 11 is 3.40. The van der Waals surface area contributed by atoms with Crippen LogP contribution in [-0.4, -0.2) is 24.2 Å². The van der Waals surface area contributed by atoms with Crippen LogP contribution in [0.2, 0.25) is 0 Å². The van der Waals surface area contributed by atoms with Gasteiger partial charge in [-0.3, -0.25) is 0 Å². The second kappa shape index (κ2) is 4.94. The van der Waals surface area contributed by atoms with Crippen molar-refractivity contribution in [3.8, 4) is 5.75 Å². The zero-order valence-electron chi connectivity index (χ0n) is 8.79. The lowest BCUT2D eigenvalue weighted by Gasteiger charge is -2.12. The quantitative estimate of drug-likeness (QED) is 0.856. The fourth-order valence-corrected chi connectivity index (χ4v) is 2.24. The largest absolute Gasteiger partial charge is 0.489 e. The van der Waals surface area contributed by atoms with Crippen LogP contribution in [0.5, 0.6) is 5.75 Å². The molecule has 0 bridgehead atoms. The van der Waals surface area contributed by atoms with Crippen LogP contribution in [0.4, 0.5) is 0 Å². The molecule has 15 heavy (non-hydrogen) atoms. The molecule has 2 rings (SSSR count). The summed E-state index contributed by atoms with van der Waals surface area (Å²) in [6.07, 6.45) is 2.46. The van der Waals surface area contributed by atoms with Crippen molar-refractivity contribution >= 4 is 15.9 Å². The predicted octanol–water partition coefficient (Wildman–Crippen LogP) is 2.28. The summed E-state index contributed by atoms with van der Waals surface area (Å²) in [6, 6.07) is 4.42. The number of halogens is 1. The number of ether oxygens (including phenoxy) is 1. The maximum Gasteiger partial charge on any atom is 0.152 e. The van der Waals surface area contributed by atoms with Crippen LogP contribution in [0.15, 0.2) is 16.7 Å². The smallest absolute Gasteiger partial charge is 0.152 e. The molecule has 0 unspecified atom stereocenters. The van der Waals surface area contributed by atoms with Gasteiger partial charge in [-0.05, 0) is 54.4 Å². The Balaban J connectivity index is 1.92. The molecule has 1 saturated heterocycles. The van der Waals surface area contributed by atoms with E-state index < -0.39 is 0 Å². The van der Waals surface area contributed by atoms with Crippen molar-refractivity contribution in [2.24, 2.45) is 0 Å². The number of pyridine rings is 1. The number of hydrogen-bond acceptors (Lipinski definition) is 3. The number of nitrogens with zero attached hydrogens (tertiary/aromatic N) is 1. The van der Waals surface area contributed by atoms with E-state index in [1.165, 1.54) is 12.8 Å². The van der Waals surface area contributed by atoms with Gasteiger partial charge in [-0.2, -0.15) is 0 Å². The first kappa shape index (κ1) is 10.9. The van der Waals surface area contributed by atoms with E-state index >= 15 is 0 Å². The zero-order valence-corrected chi connectivity index (χ0v) is 10.4. The summed E-state index contributed by atoms with van der Waals surface area (Å²) in [7, 11) is 0. The van der Waals surface area contributed by atoms with Crippen molar-refractivity contribution < 1.29 is 4.74 Å². The van der Waals surface area contributed by atoms with Gasteiger partial charge in [0.2, 0.25) is 0 Å². The average molecular weight is 271 g/mol. The summed E-state index contributed by atoms with van der Waals surface area (Å²) in [4.78, 5) is 4.29. The Bertz CT molecular complexity index is 337. The maximum absolute atomic E-state index is 5.70. The number of nitrogens with one attached hydrogen (secondary N) is 1. The molecule has 0 radical (unpaired) electrons. The lowest BCUT2D eigenvalue weighted by atomic mass is 10.2. The van der Waals surface area contributed by atoms with Gasteiger partial charge >= 0.3 is 0 Å². The molecule has 82 valence electrons. The molecule has 0 aliphatic carbocycles. The first-order valence-corrected chi connectivity index (χ1v) is 6.04. The van der Waals surface area contributed by atoms with E-state index in [2.05, 4.69) is 26.2 Å². The lowest BCUT2D eigenvalue weighted by molar-refractivity contribution is 0.274. The van der Waals surface area contributed by atoms with Crippen molar-refractivity contribution in [3.63, 3.8) is 0 Å². The number of rotatable bonds is 3. The number of aromatic nitrogens is 1. The molecular formula is C11H15BrN2O. The predicted molar refractivity (Wildman–Crippen MR) is 63.2 cm³/mol. The second-order valence-corrected chi connectivity index (χ2v) is 4.60. The van der Waals surface area contributed by atoms with Gasteiger partial charge in [0, 0.05) is 11.7 Å². The third-order valence-corrected chi connectivity index (χ3v) is 3.12. The Morgan fingerprint density at radius 2 is 2.47 bits per heavy atom. The summed E-state index contributed by atoms with van der Waals surface area (Å²) in [5.41, 5.74) is 0.994. The van der Waals surface area contributed by atoms with Gasteiger partial charge in [0.25, 0.3) is 0 Å². The number of hydrogen-bond donors (Lipinski definition) is 1.